The Morgan fingerprint density at radius 1 is 0.957 bits per heavy atom. The van der Waals surface area contributed by atoms with Gasteiger partial charge in [0.15, 0.2) is 0 Å². The summed E-state index contributed by atoms with van der Waals surface area (Å²) in [6.07, 6.45) is 1.11. The summed E-state index contributed by atoms with van der Waals surface area (Å²) in [5.74, 6) is 1.89. The maximum Gasteiger partial charge on any atom is 0.134 e. The Bertz CT molecular complexity index is 611. The van der Waals surface area contributed by atoms with E-state index in [2.05, 4.69) is 74.1 Å². The molecule has 0 bridgehead atoms. The van der Waals surface area contributed by atoms with Gasteiger partial charge in [-0.2, -0.15) is 0 Å². The van der Waals surface area contributed by atoms with Crippen molar-refractivity contribution in [3.8, 4) is 11.3 Å². The van der Waals surface area contributed by atoms with Gasteiger partial charge in [0.05, 0.1) is 6.54 Å². The fourth-order valence-electron chi connectivity index (χ4n) is 2.96. The summed E-state index contributed by atoms with van der Waals surface area (Å²) in [7, 11) is 0. The molecule has 0 spiro atoms. The molecular weight excluding hydrogens is 374 g/mol. The minimum Gasteiger partial charge on any atom is -0.460 e. The van der Waals surface area contributed by atoms with Gasteiger partial charge in [0.2, 0.25) is 0 Å². The summed E-state index contributed by atoms with van der Waals surface area (Å²) in [5, 5.41) is 3.60. The molecule has 1 aromatic carbocycles. The first kappa shape index (κ1) is 20.3. The van der Waals surface area contributed by atoms with Gasteiger partial charge in [-0.1, -0.05) is 48.8 Å². The minimum atomic E-state index is 0. The van der Waals surface area contributed by atoms with Crippen LogP contribution in [0.3, 0.4) is 0 Å². The molecule has 0 atom stereocenters. The Morgan fingerprint density at radius 3 is 2.13 bits per heavy atom. The second-order valence-electron chi connectivity index (χ2n) is 7.75. The minimum absolute atomic E-state index is 0. The van der Waals surface area contributed by atoms with Crippen LogP contribution in [0.15, 0.2) is 45.3 Å². The normalized spacial score (nSPS) is 12.1. The van der Waals surface area contributed by atoms with Crippen LogP contribution in [0.2, 0.25) is 0 Å². The molecule has 2 aromatic rings. The van der Waals surface area contributed by atoms with Gasteiger partial charge in [-0.15, -0.1) is 12.4 Å². The zero-order valence-electron chi connectivity index (χ0n) is 14.6. The predicted molar refractivity (Wildman–Crippen MR) is 104 cm³/mol. The van der Waals surface area contributed by atoms with Crippen molar-refractivity contribution in [2.45, 2.75) is 53.1 Å². The van der Waals surface area contributed by atoms with Crippen molar-refractivity contribution in [2.75, 3.05) is 0 Å². The van der Waals surface area contributed by atoms with Crippen molar-refractivity contribution in [3.63, 3.8) is 0 Å². The lowest BCUT2D eigenvalue weighted by molar-refractivity contribution is 0.236. The summed E-state index contributed by atoms with van der Waals surface area (Å²) >= 11 is 3.45. The molecule has 1 heterocycles. The van der Waals surface area contributed by atoms with Crippen molar-refractivity contribution in [2.24, 2.45) is 5.41 Å². The maximum absolute atomic E-state index is 5.96. The van der Waals surface area contributed by atoms with Crippen LogP contribution < -0.4 is 5.32 Å². The van der Waals surface area contributed by atoms with E-state index in [1.807, 2.05) is 18.2 Å². The van der Waals surface area contributed by atoms with Gasteiger partial charge >= 0.3 is 0 Å². The quantitative estimate of drug-likeness (QED) is 0.625. The van der Waals surface area contributed by atoms with Crippen molar-refractivity contribution < 1.29 is 4.42 Å². The highest BCUT2D eigenvalue weighted by Crippen LogP contribution is 2.28. The first-order valence-corrected chi connectivity index (χ1v) is 8.54. The fourth-order valence-corrected chi connectivity index (χ4v) is 3.22. The van der Waals surface area contributed by atoms with Crippen molar-refractivity contribution in [1.29, 1.82) is 0 Å². The molecule has 0 saturated carbocycles. The van der Waals surface area contributed by atoms with Crippen LogP contribution in [0.4, 0.5) is 0 Å². The molecule has 128 valence electrons. The van der Waals surface area contributed by atoms with Crippen molar-refractivity contribution >= 4 is 28.3 Å². The zero-order chi connectivity index (χ0) is 16.4. The summed E-state index contributed by atoms with van der Waals surface area (Å²) in [4.78, 5) is 0. The van der Waals surface area contributed by atoms with Crippen molar-refractivity contribution in [3.05, 3.63) is 46.6 Å². The lowest BCUT2D eigenvalue weighted by atomic mass is 9.82. The summed E-state index contributed by atoms with van der Waals surface area (Å²) in [6.45, 7) is 12.1. The lowest BCUT2D eigenvalue weighted by Gasteiger charge is -2.33. The molecule has 0 radical (unpaired) electrons. The molecule has 1 N–H and O–H groups in total. The zero-order valence-corrected chi connectivity index (χ0v) is 17.0. The van der Waals surface area contributed by atoms with Gasteiger partial charge in [0.25, 0.3) is 0 Å². The number of benzene rings is 1. The SMILES string of the molecule is CC(C)(C)CC(C)(C)NCc1ccc(-c2ccc(Br)cc2)o1.Cl. The highest BCUT2D eigenvalue weighted by molar-refractivity contribution is 9.10. The molecule has 2 nitrogen and oxygen atoms in total. The number of nitrogens with one attached hydrogen (secondary N) is 1. The monoisotopic (exact) mass is 399 g/mol. The average Bonchev–Trinajstić information content (AvgIpc) is 2.83. The number of rotatable bonds is 5. The number of halogens is 2. The highest BCUT2D eigenvalue weighted by Gasteiger charge is 2.25. The number of furan rings is 1. The topological polar surface area (TPSA) is 25.2 Å². The largest absolute Gasteiger partial charge is 0.460 e. The molecule has 0 amide bonds. The Balaban J connectivity index is 0.00000264. The van der Waals surface area contributed by atoms with Crippen LogP contribution in [0, 0.1) is 5.41 Å². The molecular formula is C19H27BrClNO. The van der Waals surface area contributed by atoms with Crippen LogP contribution >= 0.6 is 28.3 Å². The van der Waals surface area contributed by atoms with E-state index in [1.54, 1.807) is 0 Å². The van der Waals surface area contributed by atoms with E-state index < -0.39 is 0 Å². The molecule has 23 heavy (non-hydrogen) atoms. The second-order valence-corrected chi connectivity index (χ2v) is 8.66. The number of hydrogen-bond acceptors (Lipinski definition) is 2. The average molecular weight is 401 g/mol. The van der Waals surface area contributed by atoms with Gasteiger partial charge in [0.1, 0.15) is 11.5 Å². The first-order valence-electron chi connectivity index (χ1n) is 7.74. The first-order chi connectivity index (χ1) is 10.1. The van der Waals surface area contributed by atoms with Gasteiger partial charge in [-0.25, -0.2) is 0 Å². The van der Waals surface area contributed by atoms with Gasteiger partial charge in [0, 0.05) is 15.6 Å². The second kappa shape index (κ2) is 7.87. The lowest BCUT2D eigenvalue weighted by Crippen LogP contribution is -2.41. The Labute approximate surface area is 154 Å². The smallest absolute Gasteiger partial charge is 0.134 e. The van der Waals surface area contributed by atoms with E-state index in [0.29, 0.717) is 5.41 Å². The van der Waals surface area contributed by atoms with E-state index in [1.165, 1.54) is 0 Å². The molecule has 0 fully saturated rings. The molecule has 0 aliphatic heterocycles. The maximum atomic E-state index is 5.96. The van der Waals surface area contributed by atoms with Crippen LogP contribution in [-0.4, -0.2) is 5.54 Å². The summed E-state index contributed by atoms with van der Waals surface area (Å²) in [5.41, 5.74) is 1.49. The Hall–Kier alpha value is -0.770. The van der Waals surface area contributed by atoms with E-state index in [9.17, 15) is 0 Å². The predicted octanol–water partition coefficient (Wildman–Crippen LogP) is 6.44. The molecule has 4 heteroatoms. The van der Waals surface area contributed by atoms with Crippen LogP contribution in [0.5, 0.6) is 0 Å². The van der Waals surface area contributed by atoms with Crippen LogP contribution in [0.1, 0.15) is 46.8 Å². The standard InChI is InChI=1S/C19H26BrNO.ClH/c1-18(2,3)13-19(4,5)21-12-16-10-11-17(22-16)14-6-8-15(20)9-7-14;/h6-11,21H,12-13H2,1-5H3;1H. The van der Waals surface area contributed by atoms with Crippen molar-refractivity contribution in [1.82, 2.24) is 5.32 Å². The molecule has 0 saturated heterocycles. The van der Waals surface area contributed by atoms with Crippen LogP contribution in [-0.2, 0) is 6.54 Å². The van der Waals surface area contributed by atoms with Crippen LogP contribution in [0.25, 0.3) is 11.3 Å². The van der Waals surface area contributed by atoms with E-state index in [-0.39, 0.29) is 17.9 Å². The van der Waals surface area contributed by atoms with Gasteiger partial charge < -0.3 is 9.73 Å². The third-order valence-corrected chi connectivity index (χ3v) is 4.03. The third-order valence-electron chi connectivity index (χ3n) is 3.50. The molecule has 0 aliphatic rings. The van der Waals surface area contributed by atoms with E-state index in [4.69, 9.17) is 4.42 Å². The summed E-state index contributed by atoms with van der Waals surface area (Å²) < 4.78 is 7.03. The van der Waals surface area contributed by atoms with E-state index >= 15 is 0 Å². The third kappa shape index (κ3) is 6.70. The number of hydrogen-bond donors (Lipinski definition) is 1. The Morgan fingerprint density at radius 2 is 1.57 bits per heavy atom. The van der Waals surface area contributed by atoms with E-state index in [0.717, 1.165) is 34.5 Å². The Kier molecular flexibility index (Phi) is 6.94. The van der Waals surface area contributed by atoms with Gasteiger partial charge in [-0.05, 0) is 49.9 Å². The molecule has 2 rings (SSSR count). The van der Waals surface area contributed by atoms with Gasteiger partial charge in [-0.3, -0.25) is 0 Å². The summed E-state index contributed by atoms with van der Waals surface area (Å²) in [6, 6.07) is 12.3. The highest BCUT2D eigenvalue weighted by atomic mass is 79.9. The fraction of sp³-hybridized carbons (Fsp3) is 0.474. The molecule has 1 aromatic heterocycles. The molecule has 0 aliphatic carbocycles. The molecule has 0 unspecified atom stereocenters.